The van der Waals surface area contributed by atoms with Crippen LogP contribution in [0.25, 0.3) is 16.9 Å². The third-order valence-corrected chi connectivity index (χ3v) is 5.49. The molecule has 0 aliphatic carbocycles. The standard InChI is InChI=1S/C27H29N5O3/c1-4-28-27(34)31(16-23-6-5-15-35-23)18-25(33)30-26-29-24(21-11-7-19(2)8-12-21)17-32(26)22-13-9-20(3)10-14-22/h5-15,17H,4,16,18H2,1-3H3,(H,28,34)(H,29,30,33). The summed E-state index contributed by atoms with van der Waals surface area (Å²) in [5, 5.41) is 5.64. The second kappa shape index (κ2) is 10.7. The third-order valence-electron chi connectivity index (χ3n) is 5.49. The molecule has 8 nitrogen and oxygen atoms in total. The molecule has 0 aliphatic heterocycles. The van der Waals surface area contributed by atoms with Gasteiger partial charge in [0.05, 0.1) is 18.5 Å². The lowest BCUT2D eigenvalue weighted by atomic mass is 10.1. The van der Waals surface area contributed by atoms with E-state index in [1.54, 1.807) is 12.1 Å². The van der Waals surface area contributed by atoms with E-state index in [0.717, 1.165) is 28.1 Å². The first-order chi connectivity index (χ1) is 16.9. The van der Waals surface area contributed by atoms with Gasteiger partial charge in [-0.3, -0.25) is 14.7 Å². The molecule has 2 heterocycles. The average molecular weight is 472 g/mol. The fraction of sp³-hybridized carbons (Fsp3) is 0.222. The van der Waals surface area contributed by atoms with Crippen molar-refractivity contribution >= 4 is 17.9 Å². The molecular weight excluding hydrogens is 442 g/mol. The van der Waals surface area contributed by atoms with Gasteiger partial charge in [0, 0.05) is 24.0 Å². The number of hydrogen-bond donors (Lipinski definition) is 2. The summed E-state index contributed by atoms with van der Waals surface area (Å²) >= 11 is 0. The minimum absolute atomic E-state index is 0.160. The Labute approximate surface area is 204 Å². The first-order valence-corrected chi connectivity index (χ1v) is 11.5. The number of nitrogens with zero attached hydrogens (tertiary/aromatic N) is 3. The summed E-state index contributed by atoms with van der Waals surface area (Å²) in [6.07, 6.45) is 3.44. The lowest BCUT2D eigenvalue weighted by Gasteiger charge is -2.21. The van der Waals surface area contributed by atoms with Crippen LogP contribution in [0.3, 0.4) is 0 Å². The van der Waals surface area contributed by atoms with E-state index in [1.807, 2.05) is 80.1 Å². The Morgan fingerprint density at radius 2 is 1.69 bits per heavy atom. The van der Waals surface area contributed by atoms with Crippen LogP contribution in [0.4, 0.5) is 10.7 Å². The summed E-state index contributed by atoms with van der Waals surface area (Å²) in [5.41, 5.74) is 4.83. The van der Waals surface area contributed by atoms with Gasteiger partial charge in [0.25, 0.3) is 0 Å². The lowest BCUT2D eigenvalue weighted by molar-refractivity contribution is -0.117. The number of urea groups is 1. The maximum absolute atomic E-state index is 13.1. The van der Waals surface area contributed by atoms with Gasteiger partial charge in [-0.05, 0) is 45.0 Å². The normalized spacial score (nSPS) is 10.7. The Bertz CT molecular complexity index is 1280. The summed E-state index contributed by atoms with van der Waals surface area (Å²) in [5.74, 6) is 0.604. The summed E-state index contributed by atoms with van der Waals surface area (Å²) in [4.78, 5) is 31.7. The molecule has 8 heteroatoms. The van der Waals surface area contributed by atoms with Crippen molar-refractivity contribution in [3.05, 3.63) is 90.0 Å². The molecule has 3 amide bonds. The van der Waals surface area contributed by atoms with Crippen LogP contribution in [0.15, 0.2) is 77.5 Å². The van der Waals surface area contributed by atoms with E-state index >= 15 is 0 Å². The van der Waals surface area contributed by atoms with E-state index in [1.165, 1.54) is 11.2 Å². The molecular formula is C27H29N5O3. The van der Waals surface area contributed by atoms with Crippen molar-refractivity contribution in [3.63, 3.8) is 0 Å². The summed E-state index contributed by atoms with van der Waals surface area (Å²) in [6.45, 7) is 6.35. The molecule has 0 atom stereocenters. The van der Waals surface area contributed by atoms with E-state index in [2.05, 4.69) is 10.6 Å². The minimum atomic E-state index is -0.364. The Morgan fingerprint density at radius 1 is 1.00 bits per heavy atom. The number of aromatic nitrogens is 2. The Morgan fingerprint density at radius 3 is 2.31 bits per heavy atom. The van der Waals surface area contributed by atoms with E-state index < -0.39 is 0 Å². The zero-order valence-electron chi connectivity index (χ0n) is 20.1. The van der Waals surface area contributed by atoms with Crippen molar-refractivity contribution in [1.29, 1.82) is 0 Å². The van der Waals surface area contributed by atoms with Crippen molar-refractivity contribution in [2.45, 2.75) is 27.3 Å². The SMILES string of the molecule is CCNC(=O)N(CC(=O)Nc1nc(-c2ccc(C)cc2)cn1-c1ccc(C)cc1)Cc1ccco1. The number of furan rings is 1. The highest BCUT2D eigenvalue weighted by atomic mass is 16.3. The Hall–Kier alpha value is -4.33. The largest absolute Gasteiger partial charge is 0.467 e. The molecule has 0 saturated carbocycles. The van der Waals surface area contributed by atoms with Crippen LogP contribution >= 0.6 is 0 Å². The molecule has 0 bridgehead atoms. The molecule has 35 heavy (non-hydrogen) atoms. The second-order valence-electron chi connectivity index (χ2n) is 8.34. The van der Waals surface area contributed by atoms with Crippen LogP contribution in [0.5, 0.6) is 0 Å². The van der Waals surface area contributed by atoms with Crippen molar-refractivity contribution in [2.24, 2.45) is 0 Å². The van der Waals surface area contributed by atoms with Crippen LogP contribution in [-0.2, 0) is 11.3 Å². The van der Waals surface area contributed by atoms with Gasteiger partial charge in [0.1, 0.15) is 12.3 Å². The highest BCUT2D eigenvalue weighted by Crippen LogP contribution is 2.25. The molecule has 4 aromatic rings. The number of hydrogen-bond acceptors (Lipinski definition) is 4. The van der Waals surface area contributed by atoms with Crippen molar-refractivity contribution in [2.75, 3.05) is 18.4 Å². The van der Waals surface area contributed by atoms with Gasteiger partial charge >= 0.3 is 6.03 Å². The lowest BCUT2D eigenvalue weighted by Crippen LogP contribution is -2.43. The fourth-order valence-corrected chi connectivity index (χ4v) is 3.62. The number of imidazole rings is 1. The van der Waals surface area contributed by atoms with Crippen molar-refractivity contribution < 1.29 is 14.0 Å². The number of anilines is 1. The predicted octanol–water partition coefficient (Wildman–Crippen LogP) is 4.92. The highest BCUT2D eigenvalue weighted by Gasteiger charge is 2.20. The van der Waals surface area contributed by atoms with Crippen LogP contribution in [0.2, 0.25) is 0 Å². The molecule has 0 fully saturated rings. The first kappa shape index (κ1) is 23.8. The van der Waals surface area contributed by atoms with E-state index in [-0.39, 0.29) is 25.0 Å². The van der Waals surface area contributed by atoms with Crippen molar-refractivity contribution in [3.8, 4) is 16.9 Å². The average Bonchev–Trinajstić information content (AvgIpc) is 3.50. The van der Waals surface area contributed by atoms with Gasteiger partial charge in [0.15, 0.2) is 0 Å². The quantitative estimate of drug-likeness (QED) is 0.382. The van der Waals surface area contributed by atoms with Gasteiger partial charge in [-0.25, -0.2) is 9.78 Å². The zero-order valence-corrected chi connectivity index (χ0v) is 20.1. The van der Waals surface area contributed by atoms with Gasteiger partial charge in [-0.1, -0.05) is 47.5 Å². The fourth-order valence-electron chi connectivity index (χ4n) is 3.62. The zero-order chi connectivity index (χ0) is 24.8. The van der Waals surface area contributed by atoms with Gasteiger partial charge in [-0.15, -0.1) is 0 Å². The number of carbonyl (C=O) groups is 2. The van der Waals surface area contributed by atoms with Gasteiger partial charge in [0.2, 0.25) is 11.9 Å². The van der Waals surface area contributed by atoms with Crippen LogP contribution in [0, 0.1) is 13.8 Å². The van der Waals surface area contributed by atoms with Crippen LogP contribution in [-0.4, -0.2) is 39.5 Å². The van der Waals surface area contributed by atoms with Crippen LogP contribution in [0.1, 0.15) is 23.8 Å². The number of carbonyl (C=O) groups excluding carboxylic acids is 2. The van der Waals surface area contributed by atoms with E-state index in [0.29, 0.717) is 18.3 Å². The number of amides is 3. The molecule has 0 aliphatic rings. The molecule has 2 aromatic heterocycles. The van der Waals surface area contributed by atoms with Crippen LogP contribution < -0.4 is 10.6 Å². The number of rotatable bonds is 8. The topological polar surface area (TPSA) is 92.4 Å². The van der Waals surface area contributed by atoms with E-state index in [9.17, 15) is 9.59 Å². The molecule has 2 aromatic carbocycles. The maximum Gasteiger partial charge on any atom is 0.318 e. The Balaban J connectivity index is 1.60. The summed E-state index contributed by atoms with van der Waals surface area (Å²) in [6, 6.07) is 19.2. The number of benzene rings is 2. The van der Waals surface area contributed by atoms with Crippen molar-refractivity contribution in [1.82, 2.24) is 19.8 Å². The van der Waals surface area contributed by atoms with E-state index in [4.69, 9.17) is 9.40 Å². The molecule has 0 radical (unpaired) electrons. The molecule has 0 spiro atoms. The van der Waals surface area contributed by atoms with Gasteiger partial charge in [-0.2, -0.15) is 0 Å². The highest BCUT2D eigenvalue weighted by molar-refractivity contribution is 5.93. The molecule has 4 rings (SSSR count). The number of aryl methyl sites for hydroxylation is 2. The maximum atomic E-state index is 13.1. The summed E-state index contributed by atoms with van der Waals surface area (Å²) in [7, 11) is 0. The van der Waals surface area contributed by atoms with Gasteiger partial charge < -0.3 is 14.6 Å². The smallest absolute Gasteiger partial charge is 0.318 e. The third kappa shape index (κ3) is 5.97. The summed E-state index contributed by atoms with van der Waals surface area (Å²) < 4.78 is 7.21. The Kier molecular flexibility index (Phi) is 7.30. The second-order valence-corrected chi connectivity index (χ2v) is 8.34. The minimum Gasteiger partial charge on any atom is -0.467 e. The monoisotopic (exact) mass is 471 g/mol. The molecule has 0 unspecified atom stereocenters. The molecule has 2 N–H and O–H groups in total. The molecule has 0 saturated heterocycles. The molecule has 180 valence electrons. The first-order valence-electron chi connectivity index (χ1n) is 11.5. The number of nitrogens with one attached hydrogen (secondary N) is 2. The predicted molar refractivity (Wildman–Crippen MR) is 135 cm³/mol.